The molecule has 1 aromatic heterocycles. The summed E-state index contributed by atoms with van der Waals surface area (Å²) in [6.45, 7) is 4.04. The fourth-order valence-electron chi connectivity index (χ4n) is 1.90. The average molecular weight is 289 g/mol. The van der Waals surface area contributed by atoms with Crippen molar-refractivity contribution in [3.63, 3.8) is 0 Å². The molecule has 4 heteroatoms. The number of nitrogens with one attached hydrogen (secondary N) is 1. The first-order valence-corrected chi connectivity index (χ1v) is 7.75. The molecule has 3 nitrogen and oxygen atoms in total. The van der Waals surface area contributed by atoms with E-state index in [1.165, 1.54) is 0 Å². The fourth-order valence-corrected chi connectivity index (χ4v) is 2.88. The zero-order chi connectivity index (χ0) is 14.4. The first-order valence-electron chi connectivity index (χ1n) is 6.70. The Morgan fingerprint density at radius 3 is 2.85 bits per heavy atom. The van der Waals surface area contributed by atoms with Crippen molar-refractivity contribution in [3.05, 3.63) is 54.0 Å². The third-order valence-electron chi connectivity index (χ3n) is 2.96. The third-order valence-corrected chi connectivity index (χ3v) is 4.36. The summed E-state index contributed by atoms with van der Waals surface area (Å²) in [6, 6.07) is 11.6. The minimum Gasteiger partial charge on any atom is -0.468 e. The lowest BCUT2D eigenvalue weighted by Crippen LogP contribution is -2.24. The second-order valence-corrected chi connectivity index (χ2v) is 5.84. The highest BCUT2D eigenvalue weighted by molar-refractivity contribution is 7.99. The molecule has 2 aromatic rings. The zero-order valence-corrected chi connectivity index (χ0v) is 12.6. The predicted molar refractivity (Wildman–Crippen MR) is 83.9 cm³/mol. The van der Waals surface area contributed by atoms with Crippen molar-refractivity contribution in [3.8, 4) is 0 Å². The molecular formula is C16H19NO2S. The van der Waals surface area contributed by atoms with E-state index in [0.29, 0.717) is 5.75 Å². The van der Waals surface area contributed by atoms with Crippen LogP contribution in [0.1, 0.15) is 24.7 Å². The molecule has 1 N–H and O–H groups in total. The SMILES string of the molecule is CCC(SCc1ccco1)C(=O)Nc1cccc(C)c1. The minimum absolute atomic E-state index is 0.0506. The molecule has 1 unspecified atom stereocenters. The third kappa shape index (κ3) is 4.17. The van der Waals surface area contributed by atoms with E-state index in [1.807, 2.05) is 50.2 Å². The topological polar surface area (TPSA) is 42.2 Å². The van der Waals surface area contributed by atoms with Crippen molar-refractivity contribution >= 4 is 23.4 Å². The summed E-state index contributed by atoms with van der Waals surface area (Å²) in [4.78, 5) is 12.3. The molecule has 1 heterocycles. The fraction of sp³-hybridized carbons (Fsp3) is 0.312. The Hall–Kier alpha value is -1.68. The molecule has 0 radical (unpaired) electrons. The molecular weight excluding hydrogens is 270 g/mol. The Morgan fingerprint density at radius 1 is 1.35 bits per heavy atom. The van der Waals surface area contributed by atoms with Crippen molar-refractivity contribution in [2.45, 2.75) is 31.3 Å². The molecule has 2 rings (SSSR count). The van der Waals surface area contributed by atoms with E-state index in [9.17, 15) is 4.79 Å². The van der Waals surface area contributed by atoms with Gasteiger partial charge in [0, 0.05) is 5.69 Å². The first kappa shape index (κ1) is 14.7. The maximum atomic E-state index is 12.3. The maximum Gasteiger partial charge on any atom is 0.237 e. The maximum absolute atomic E-state index is 12.3. The Morgan fingerprint density at radius 2 is 2.20 bits per heavy atom. The number of carbonyl (C=O) groups excluding carboxylic acids is 1. The molecule has 1 amide bonds. The molecule has 0 bridgehead atoms. The molecule has 0 saturated heterocycles. The van der Waals surface area contributed by atoms with Gasteiger partial charge in [-0.25, -0.2) is 0 Å². The van der Waals surface area contributed by atoms with E-state index >= 15 is 0 Å². The Labute approximate surface area is 123 Å². The van der Waals surface area contributed by atoms with Gasteiger partial charge in [0.05, 0.1) is 17.3 Å². The predicted octanol–water partition coefficient (Wildman–Crippen LogP) is 4.24. The summed E-state index contributed by atoms with van der Waals surface area (Å²) in [5, 5.41) is 2.90. The van der Waals surface area contributed by atoms with Crippen molar-refractivity contribution in [1.29, 1.82) is 0 Å². The lowest BCUT2D eigenvalue weighted by Gasteiger charge is -2.14. The van der Waals surface area contributed by atoms with E-state index in [4.69, 9.17) is 4.42 Å². The van der Waals surface area contributed by atoms with Gasteiger partial charge in [-0.3, -0.25) is 4.79 Å². The number of furan rings is 1. The lowest BCUT2D eigenvalue weighted by molar-refractivity contribution is -0.115. The summed E-state index contributed by atoms with van der Waals surface area (Å²) in [5.41, 5.74) is 1.99. The van der Waals surface area contributed by atoms with Gasteiger partial charge in [0.25, 0.3) is 0 Å². The summed E-state index contributed by atoms with van der Waals surface area (Å²) in [7, 11) is 0. The molecule has 106 valence electrons. The van der Waals surface area contributed by atoms with E-state index in [-0.39, 0.29) is 11.2 Å². The van der Waals surface area contributed by atoms with Crippen LogP contribution in [-0.4, -0.2) is 11.2 Å². The van der Waals surface area contributed by atoms with Gasteiger partial charge in [-0.2, -0.15) is 0 Å². The smallest absolute Gasteiger partial charge is 0.237 e. The van der Waals surface area contributed by atoms with Crippen LogP contribution in [0.3, 0.4) is 0 Å². The average Bonchev–Trinajstić information content (AvgIpc) is 2.92. The van der Waals surface area contributed by atoms with Crippen LogP contribution in [0.5, 0.6) is 0 Å². The quantitative estimate of drug-likeness (QED) is 0.865. The van der Waals surface area contributed by atoms with Gasteiger partial charge in [0.1, 0.15) is 5.76 Å². The largest absolute Gasteiger partial charge is 0.468 e. The van der Waals surface area contributed by atoms with Crippen LogP contribution in [0.2, 0.25) is 0 Å². The van der Waals surface area contributed by atoms with Gasteiger partial charge in [-0.05, 0) is 43.2 Å². The molecule has 20 heavy (non-hydrogen) atoms. The van der Waals surface area contributed by atoms with Crippen molar-refractivity contribution in [1.82, 2.24) is 0 Å². The monoisotopic (exact) mass is 289 g/mol. The molecule has 1 aromatic carbocycles. The van der Waals surface area contributed by atoms with Crippen LogP contribution in [-0.2, 0) is 10.5 Å². The normalized spacial score (nSPS) is 12.1. The van der Waals surface area contributed by atoms with Gasteiger partial charge >= 0.3 is 0 Å². The Balaban J connectivity index is 1.91. The van der Waals surface area contributed by atoms with Crippen molar-refractivity contribution in [2.24, 2.45) is 0 Å². The van der Waals surface area contributed by atoms with E-state index in [1.54, 1.807) is 18.0 Å². The highest BCUT2D eigenvalue weighted by Gasteiger charge is 2.17. The number of hydrogen-bond acceptors (Lipinski definition) is 3. The second-order valence-electron chi connectivity index (χ2n) is 4.65. The second kappa shape index (κ2) is 7.20. The molecule has 0 saturated carbocycles. The van der Waals surface area contributed by atoms with Gasteiger partial charge in [-0.15, -0.1) is 11.8 Å². The van der Waals surface area contributed by atoms with Crippen LogP contribution in [0.4, 0.5) is 5.69 Å². The number of amides is 1. The highest BCUT2D eigenvalue weighted by atomic mass is 32.2. The van der Waals surface area contributed by atoms with Crippen LogP contribution in [0.15, 0.2) is 47.1 Å². The van der Waals surface area contributed by atoms with Crippen molar-refractivity contribution < 1.29 is 9.21 Å². The Bertz CT molecular complexity index is 551. The van der Waals surface area contributed by atoms with Crippen LogP contribution in [0.25, 0.3) is 0 Å². The zero-order valence-electron chi connectivity index (χ0n) is 11.8. The molecule has 0 fully saturated rings. The van der Waals surface area contributed by atoms with Crippen LogP contribution < -0.4 is 5.32 Å². The number of rotatable bonds is 6. The highest BCUT2D eigenvalue weighted by Crippen LogP contribution is 2.22. The molecule has 0 aliphatic rings. The number of hydrogen-bond donors (Lipinski definition) is 1. The standard InChI is InChI=1S/C16H19NO2S/c1-3-15(20-11-14-8-5-9-19-14)16(18)17-13-7-4-6-12(2)10-13/h4-10,15H,3,11H2,1-2H3,(H,17,18). The van der Waals surface area contributed by atoms with Gasteiger partial charge in [0.2, 0.25) is 5.91 Å². The summed E-state index contributed by atoms with van der Waals surface area (Å²) < 4.78 is 5.29. The summed E-state index contributed by atoms with van der Waals surface area (Å²) in [5.74, 6) is 1.67. The van der Waals surface area contributed by atoms with Gasteiger partial charge in [0.15, 0.2) is 0 Å². The van der Waals surface area contributed by atoms with Gasteiger partial charge in [-0.1, -0.05) is 19.1 Å². The number of anilines is 1. The number of aryl methyl sites for hydroxylation is 1. The van der Waals surface area contributed by atoms with E-state index in [0.717, 1.165) is 23.4 Å². The van der Waals surface area contributed by atoms with Crippen molar-refractivity contribution in [2.75, 3.05) is 5.32 Å². The number of carbonyl (C=O) groups is 1. The molecule has 0 aliphatic carbocycles. The lowest BCUT2D eigenvalue weighted by atomic mass is 10.2. The van der Waals surface area contributed by atoms with E-state index in [2.05, 4.69) is 5.32 Å². The summed E-state index contributed by atoms with van der Waals surface area (Å²) >= 11 is 1.61. The molecule has 1 atom stereocenters. The van der Waals surface area contributed by atoms with Crippen LogP contribution >= 0.6 is 11.8 Å². The molecule has 0 spiro atoms. The van der Waals surface area contributed by atoms with Crippen LogP contribution in [0, 0.1) is 6.92 Å². The minimum atomic E-state index is -0.0689. The number of thioether (sulfide) groups is 1. The van der Waals surface area contributed by atoms with Gasteiger partial charge < -0.3 is 9.73 Å². The Kier molecular flexibility index (Phi) is 5.30. The summed E-state index contributed by atoms with van der Waals surface area (Å²) in [6.07, 6.45) is 2.45. The first-order chi connectivity index (χ1) is 9.69. The molecule has 0 aliphatic heterocycles. The van der Waals surface area contributed by atoms with E-state index < -0.39 is 0 Å². The number of benzene rings is 1.